The van der Waals surface area contributed by atoms with Crippen molar-refractivity contribution in [1.29, 1.82) is 0 Å². The number of ether oxygens (including phenoxy) is 3. The summed E-state index contributed by atoms with van der Waals surface area (Å²) in [6.45, 7) is 7.31. The molecule has 246 valence electrons. The number of benzene rings is 2. The zero-order chi connectivity index (χ0) is 32.5. The van der Waals surface area contributed by atoms with Crippen molar-refractivity contribution in [3.8, 4) is 11.8 Å². The first-order valence-corrected chi connectivity index (χ1v) is 16.0. The Bertz CT molecular complexity index is 1640. The molecule has 2 aromatic carbocycles. The third-order valence-corrected chi connectivity index (χ3v) is 8.50. The maximum absolute atomic E-state index is 12.8. The highest BCUT2D eigenvalue weighted by Gasteiger charge is 2.22. The number of rotatable bonds is 15. The largest absolute Gasteiger partial charge is 0.492 e. The van der Waals surface area contributed by atoms with Crippen molar-refractivity contribution >= 4 is 23.0 Å². The molecule has 1 fully saturated rings. The standard InChI is InChI=1S/C34H45N7O5/c1-4-5-18-46-33-37-31(35)30-32(38-33)41(34(43)36-30)23-25-11-9-24(10-12-25)22-40-15-13-27(14-16-40)39(2)17-19-45-28-8-6-7-26(20-28)21-29(42)44-3/h6-12,20,27H,4-5,13-19,21-23H2,1-3H3,(H,36,43)(H2,35,37,38). The van der Waals surface area contributed by atoms with Crippen molar-refractivity contribution in [3.63, 3.8) is 0 Å². The number of nitrogens with zero attached hydrogens (tertiary/aromatic N) is 5. The molecule has 0 radical (unpaired) electrons. The van der Waals surface area contributed by atoms with E-state index in [2.05, 4.69) is 63.0 Å². The molecule has 1 aliphatic heterocycles. The number of esters is 1. The predicted octanol–water partition coefficient (Wildman–Crippen LogP) is 3.62. The zero-order valence-corrected chi connectivity index (χ0v) is 27.0. The number of piperidine rings is 1. The van der Waals surface area contributed by atoms with Crippen LogP contribution in [0.2, 0.25) is 0 Å². The lowest BCUT2D eigenvalue weighted by atomic mass is 10.0. The van der Waals surface area contributed by atoms with Crippen molar-refractivity contribution in [2.24, 2.45) is 0 Å². The molecule has 0 spiro atoms. The summed E-state index contributed by atoms with van der Waals surface area (Å²) in [5, 5.41) is 0. The van der Waals surface area contributed by atoms with Crippen molar-refractivity contribution < 1.29 is 19.0 Å². The number of hydrogen-bond acceptors (Lipinski definition) is 10. The number of carbonyl (C=O) groups is 1. The van der Waals surface area contributed by atoms with Crippen molar-refractivity contribution in [2.75, 3.05) is 52.7 Å². The van der Waals surface area contributed by atoms with E-state index in [9.17, 15) is 9.59 Å². The van der Waals surface area contributed by atoms with Gasteiger partial charge >= 0.3 is 17.7 Å². The minimum Gasteiger partial charge on any atom is -0.492 e. The fourth-order valence-corrected chi connectivity index (χ4v) is 5.73. The Labute approximate surface area is 269 Å². The normalized spacial score (nSPS) is 14.2. The fourth-order valence-electron chi connectivity index (χ4n) is 5.73. The van der Waals surface area contributed by atoms with Gasteiger partial charge in [-0.2, -0.15) is 9.97 Å². The molecule has 0 saturated carbocycles. The number of aromatic nitrogens is 4. The van der Waals surface area contributed by atoms with Crippen LogP contribution < -0.4 is 20.9 Å². The number of fused-ring (bicyclic) bond motifs is 1. The van der Waals surface area contributed by atoms with E-state index in [0.29, 0.717) is 37.0 Å². The van der Waals surface area contributed by atoms with Crippen molar-refractivity contribution in [3.05, 3.63) is 75.7 Å². The summed E-state index contributed by atoms with van der Waals surface area (Å²) in [5.74, 6) is 0.708. The van der Waals surface area contributed by atoms with Crippen LogP contribution in [-0.4, -0.2) is 88.3 Å². The number of likely N-dealkylation sites (N-methyl/N-ethyl adjacent to an activating group) is 1. The van der Waals surface area contributed by atoms with Gasteiger partial charge in [0.05, 0.1) is 26.7 Å². The molecule has 0 amide bonds. The van der Waals surface area contributed by atoms with Gasteiger partial charge in [0, 0.05) is 19.1 Å². The van der Waals surface area contributed by atoms with Crippen LogP contribution in [0.5, 0.6) is 11.8 Å². The van der Waals surface area contributed by atoms with Gasteiger partial charge in [-0.15, -0.1) is 0 Å². The summed E-state index contributed by atoms with van der Waals surface area (Å²) in [6.07, 6.45) is 4.32. The minimum absolute atomic E-state index is 0.184. The van der Waals surface area contributed by atoms with E-state index in [1.165, 1.54) is 12.7 Å². The first kappa shape index (κ1) is 33.0. The molecule has 0 bridgehead atoms. The number of carbonyl (C=O) groups excluding carboxylic acids is 1. The number of aromatic amines is 1. The monoisotopic (exact) mass is 631 g/mol. The highest BCUT2D eigenvalue weighted by Crippen LogP contribution is 2.21. The number of methoxy groups -OCH3 is 1. The van der Waals surface area contributed by atoms with Gasteiger partial charge < -0.3 is 24.9 Å². The number of likely N-dealkylation sites (tertiary alicyclic amines) is 1. The molecule has 1 aliphatic rings. The Balaban J connectivity index is 1.08. The Hall–Kier alpha value is -4.42. The molecule has 0 aliphatic carbocycles. The van der Waals surface area contributed by atoms with E-state index >= 15 is 0 Å². The number of imidazole rings is 1. The van der Waals surface area contributed by atoms with E-state index in [-0.39, 0.29) is 29.9 Å². The maximum atomic E-state index is 12.8. The van der Waals surface area contributed by atoms with Crippen LogP contribution in [0, 0.1) is 0 Å². The average Bonchev–Trinajstić information content (AvgIpc) is 3.37. The molecule has 12 nitrogen and oxygen atoms in total. The summed E-state index contributed by atoms with van der Waals surface area (Å²) >= 11 is 0. The molecule has 4 aromatic rings. The van der Waals surface area contributed by atoms with Gasteiger partial charge in [0.2, 0.25) is 0 Å². The lowest BCUT2D eigenvalue weighted by molar-refractivity contribution is -0.139. The molecule has 0 unspecified atom stereocenters. The highest BCUT2D eigenvalue weighted by molar-refractivity contribution is 5.82. The minimum atomic E-state index is -0.282. The molecule has 3 heterocycles. The molecule has 12 heteroatoms. The summed E-state index contributed by atoms with van der Waals surface area (Å²) in [4.78, 5) is 40.6. The summed E-state index contributed by atoms with van der Waals surface area (Å²) in [7, 11) is 3.56. The number of H-pyrrole nitrogens is 1. The smallest absolute Gasteiger partial charge is 0.328 e. The Morgan fingerprint density at radius 3 is 2.48 bits per heavy atom. The molecule has 46 heavy (non-hydrogen) atoms. The van der Waals surface area contributed by atoms with Crippen molar-refractivity contribution in [2.45, 2.75) is 58.2 Å². The highest BCUT2D eigenvalue weighted by atomic mass is 16.5. The summed E-state index contributed by atoms with van der Waals surface area (Å²) in [6, 6.07) is 16.7. The van der Waals surface area contributed by atoms with Gasteiger partial charge in [0.1, 0.15) is 17.9 Å². The molecule has 2 aromatic heterocycles. The number of anilines is 1. The molecule has 0 atom stereocenters. The third-order valence-electron chi connectivity index (χ3n) is 8.50. The van der Waals surface area contributed by atoms with Crippen LogP contribution in [0.25, 0.3) is 11.2 Å². The van der Waals surface area contributed by atoms with Gasteiger partial charge in [0.25, 0.3) is 0 Å². The van der Waals surface area contributed by atoms with Crippen LogP contribution in [0.4, 0.5) is 5.82 Å². The quantitative estimate of drug-likeness (QED) is 0.148. The second-order valence-corrected chi connectivity index (χ2v) is 11.9. The van der Waals surface area contributed by atoms with Gasteiger partial charge in [-0.3, -0.25) is 19.2 Å². The number of nitrogens with two attached hydrogens (primary N) is 1. The van der Waals surface area contributed by atoms with Gasteiger partial charge in [-0.25, -0.2) is 4.79 Å². The molecular formula is C34H45N7O5. The predicted molar refractivity (Wildman–Crippen MR) is 177 cm³/mol. The fraction of sp³-hybridized carbons (Fsp3) is 0.471. The lowest BCUT2D eigenvalue weighted by Crippen LogP contribution is -2.44. The number of unbranched alkanes of at least 4 members (excludes halogenated alkanes) is 1. The second kappa shape index (κ2) is 15.7. The van der Waals surface area contributed by atoms with Gasteiger partial charge in [-0.1, -0.05) is 49.7 Å². The van der Waals surface area contributed by atoms with Crippen LogP contribution in [0.15, 0.2) is 53.3 Å². The maximum Gasteiger partial charge on any atom is 0.328 e. The summed E-state index contributed by atoms with van der Waals surface area (Å²) < 4.78 is 18.0. The van der Waals surface area contributed by atoms with E-state index in [1.54, 1.807) is 4.57 Å². The second-order valence-electron chi connectivity index (χ2n) is 11.9. The molecular weight excluding hydrogens is 586 g/mol. The van der Waals surface area contributed by atoms with E-state index < -0.39 is 0 Å². The summed E-state index contributed by atoms with van der Waals surface area (Å²) in [5.41, 5.74) is 9.79. The first-order valence-electron chi connectivity index (χ1n) is 16.0. The van der Waals surface area contributed by atoms with Crippen LogP contribution in [0.1, 0.15) is 49.3 Å². The number of nitrogens with one attached hydrogen (secondary N) is 1. The van der Waals surface area contributed by atoms with Crippen LogP contribution in [0.3, 0.4) is 0 Å². The van der Waals surface area contributed by atoms with Crippen LogP contribution >= 0.6 is 0 Å². The molecule has 1 saturated heterocycles. The molecule has 5 rings (SSSR count). The van der Waals surface area contributed by atoms with Crippen LogP contribution in [-0.2, 0) is 29.0 Å². The average molecular weight is 632 g/mol. The van der Waals surface area contributed by atoms with Gasteiger partial charge in [0.15, 0.2) is 11.5 Å². The first-order chi connectivity index (χ1) is 22.3. The van der Waals surface area contributed by atoms with E-state index in [1.807, 2.05) is 24.3 Å². The Kier molecular flexibility index (Phi) is 11.3. The van der Waals surface area contributed by atoms with E-state index in [4.69, 9.17) is 19.9 Å². The Morgan fingerprint density at radius 2 is 1.76 bits per heavy atom. The zero-order valence-electron chi connectivity index (χ0n) is 27.0. The third kappa shape index (κ3) is 8.64. The SMILES string of the molecule is CCCCOc1nc(N)c2[nH]c(=O)n(Cc3ccc(CN4CCC(N(C)CCOc5cccc(CC(=O)OC)c5)CC4)cc3)c2n1. The number of nitrogen functional groups attached to an aromatic ring is 1. The lowest BCUT2D eigenvalue weighted by Gasteiger charge is -2.36. The number of hydrogen-bond donors (Lipinski definition) is 2. The molecule has 3 N–H and O–H groups in total. The Morgan fingerprint density at radius 1 is 1.02 bits per heavy atom. The van der Waals surface area contributed by atoms with Crippen molar-refractivity contribution in [1.82, 2.24) is 29.3 Å². The van der Waals surface area contributed by atoms with E-state index in [0.717, 1.165) is 68.7 Å². The topological polar surface area (TPSA) is 141 Å². The van der Waals surface area contributed by atoms with Gasteiger partial charge in [-0.05, 0) is 68.2 Å².